The third-order valence-electron chi connectivity index (χ3n) is 5.21. The fourth-order valence-electron chi connectivity index (χ4n) is 3.28. The monoisotopic (exact) mass is 426 g/mol. The minimum atomic E-state index is 0.0767. The molecule has 1 rings (SSSR count). The lowest BCUT2D eigenvalue weighted by Gasteiger charge is -2.07. The largest absolute Gasteiger partial charge is 0.508 e. The first-order valence-electron chi connectivity index (χ1n) is 10.9. The second-order valence-corrected chi connectivity index (χ2v) is 8.50. The second kappa shape index (κ2) is 13.7. The van der Waals surface area contributed by atoms with E-state index in [1.165, 1.54) is 11.6 Å². The van der Waals surface area contributed by atoms with Gasteiger partial charge in [-0.15, -0.1) is 0 Å². The van der Waals surface area contributed by atoms with Crippen LogP contribution in [0, 0.1) is 6.92 Å². The molecular formula is C27H38O4. The van der Waals surface area contributed by atoms with Crippen molar-refractivity contribution in [2.75, 3.05) is 6.61 Å². The zero-order valence-corrected chi connectivity index (χ0v) is 19.7. The molecule has 0 bridgehead atoms. The molecule has 0 aliphatic rings. The van der Waals surface area contributed by atoms with Crippen molar-refractivity contribution in [3.05, 3.63) is 69.9 Å². The molecule has 0 atom stereocenters. The summed E-state index contributed by atoms with van der Waals surface area (Å²) in [6, 6.07) is 3.08. The first-order chi connectivity index (χ1) is 14.6. The molecule has 0 amide bonds. The molecule has 0 unspecified atom stereocenters. The number of hydrogen-bond donors (Lipinski definition) is 3. The van der Waals surface area contributed by atoms with Gasteiger partial charge in [0, 0.05) is 12.0 Å². The van der Waals surface area contributed by atoms with E-state index in [9.17, 15) is 15.0 Å². The van der Waals surface area contributed by atoms with Gasteiger partial charge in [0.05, 0.1) is 6.61 Å². The van der Waals surface area contributed by atoms with Gasteiger partial charge in [-0.3, -0.25) is 4.79 Å². The lowest BCUT2D eigenvalue weighted by molar-refractivity contribution is -0.114. The SMILES string of the molecule is C/C(=C/CC/C(C)=C/CC/C(C)=C/C(=O)C/C(C)=C/Cc1cc(O)cc(C)c1O)CO. The molecule has 0 spiro atoms. The highest BCUT2D eigenvalue weighted by molar-refractivity contribution is 5.91. The van der Waals surface area contributed by atoms with E-state index in [2.05, 4.69) is 19.1 Å². The van der Waals surface area contributed by atoms with Crippen molar-refractivity contribution in [3.63, 3.8) is 0 Å². The van der Waals surface area contributed by atoms with Crippen molar-refractivity contribution in [1.82, 2.24) is 0 Å². The van der Waals surface area contributed by atoms with E-state index in [-0.39, 0.29) is 23.9 Å². The van der Waals surface area contributed by atoms with Crippen LogP contribution in [0.1, 0.15) is 70.9 Å². The molecule has 0 saturated heterocycles. The van der Waals surface area contributed by atoms with Gasteiger partial charge in [0.1, 0.15) is 11.5 Å². The molecule has 4 heteroatoms. The van der Waals surface area contributed by atoms with Crippen LogP contribution in [-0.4, -0.2) is 27.7 Å². The Morgan fingerprint density at radius 2 is 1.48 bits per heavy atom. The minimum Gasteiger partial charge on any atom is -0.508 e. The van der Waals surface area contributed by atoms with E-state index in [0.717, 1.165) is 42.4 Å². The summed E-state index contributed by atoms with van der Waals surface area (Å²) in [5.41, 5.74) is 5.63. The number of aryl methyl sites for hydroxylation is 1. The van der Waals surface area contributed by atoms with Crippen molar-refractivity contribution in [2.45, 2.75) is 73.1 Å². The molecule has 3 N–H and O–H groups in total. The number of carbonyl (C=O) groups is 1. The van der Waals surface area contributed by atoms with Gasteiger partial charge >= 0.3 is 0 Å². The van der Waals surface area contributed by atoms with E-state index in [0.29, 0.717) is 24.0 Å². The molecule has 0 heterocycles. The van der Waals surface area contributed by atoms with Gasteiger partial charge in [0.25, 0.3) is 0 Å². The summed E-state index contributed by atoms with van der Waals surface area (Å²) in [7, 11) is 0. The summed E-state index contributed by atoms with van der Waals surface area (Å²) in [5, 5.41) is 28.8. The van der Waals surface area contributed by atoms with Gasteiger partial charge in [-0.25, -0.2) is 0 Å². The number of aromatic hydroxyl groups is 2. The molecule has 31 heavy (non-hydrogen) atoms. The topological polar surface area (TPSA) is 77.8 Å². The summed E-state index contributed by atoms with van der Waals surface area (Å²) in [6.45, 7) is 9.81. The lowest BCUT2D eigenvalue weighted by atomic mass is 10.0. The number of ketones is 1. The van der Waals surface area contributed by atoms with Crippen LogP contribution in [0.5, 0.6) is 11.5 Å². The number of phenols is 2. The lowest BCUT2D eigenvalue weighted by Crippen LogP contribution is -1.96. The number of carbonyl (C=O) groups excluding carboxylic acids is 1. The number of rotatable bonds is 12. The van der Waals surface area contributed by atoms with Crippen molar-refractivity contribution in [1.29, 1.82) is 0 Å². The summed E-state index contributed by atoms with van der Waals surface area (Å²) >= 11 is 0. The van der Waals surface area contributed by atoms with E-state index in [1.807, 2.05) is 26.8 Å². The highest BCUT2D eigenvalue weighted by Gasteiger charge is 2.07. The molecule has 1 aromatic rings. The van der Waals surface area contributed by atoms with Crippen LogP contribution < -0.4 is 0 Å². The fraction of sp³-hybridized carbons (Fsp3) is 0.444. The minimum absolute atomic E-state index is 0.0767. The zero-order chi connectivity index (χ0) is 23.4. The Balaban J connectivity index is 2.50. The zero-order valence-electron chi connectivity index (χ0n) is 19.7. The normalized spacial score (nSPS) is 13.6. The van der Waals surface area contributed by atoms with Gasteiger partial charge in [-0.2, -0.15) is 0 Å². The summed E-state index contributed by atoms with van der Waals surface area (Å²) in [4.78, 5) is 12.3. The Labute approximate surface area is 187 Å². The van der Waals surface area contributed by atoms with Crippen molar-refractivity contribution in [2.24, 2.45) is 0 Å². The molecule has 0 aromatic heterocycles. The quantitative estimate of drug-likeness (QED) is 0.210. The van der Waals surface area contributed by atoms with Gasteiger partial charge in [0.2, 0.25) is 0 Å². The van der Waals surface area contributed by atoms with Crippen LogP contribution in [0.2, 0.25) is 0 Å². The molecule has 0 radical (unpaired) electrons. The first kappa shape index (κ1) is 26.4. The third-order valence-corrected chi connectivity index (χ3v) is 5.21. The molecule has 0 fully saturated rings. The maximum Gasteiger partial charge on any atom is 0.159 e. The van der Waals surface area contributed by atoms with Crippen molar-refractivity contribution >= 4 is 5.78 Å². The number of hydrogen-bond acceptors (Lipinski definition) is 4. The highest BCUT2D eigenvalue weighted by Crippen LogP contribution is 2.28. The van der Waals surface area contributed by atoms with Crippen LogP contribution in [-0.2, 0) is 11.2 Å². The number of allylic oxidation sites excluding steroid dienone is 7. The number of aliphatic hydroxyl groups excluding tert-OH is 1. The molecule has 0 aliphatic heterocycles. The van der Waals surface area contributed by atoms with E-state index < -0.39 is 0 Å². The number of aliphatic hydroxyl groups is 1. The number of benzene rings is 1. The van der Waals surface area contributed by atoms with Gasteiger partial charge in [-0.1, -0.05) is 40.5 Å². The Morgan fingerprint density at radius 3 is 2.13 bits per heavy atom. The maximum absolute atomic E-state index is 12.3. The summed E-state index contributed by atoms with van der Waals surface area (Å²) < 4.78 is 0. The summed E-state index contributed by atoms with van der Waals surface area (Å²) in [6.07, 6.45) is 12.5. The first-order valence-corrected chi connectivity index (χ1v) is 10.9. The van der Waals surface area contributed by atoms with Crippen molar-refractivity contribution in [3.8, 4) is 11.5 Å². The Bertz CT molecular complexity index is 869. The standard InChI is InChI=1S/C27H38O4/c1-19(9-7-11-22(4)18-28)8-6-10-20(2)14-25(29)15-21(3)12-13-24-17-26(30)16-23(5)27(24)31/h8,11-12,14,16-17,28,30-31H,6-7,9-10,13,15,18H2,1-5H3/b19-8+,20-14+,21-12+,22-11-. The van der Waals surface area contributed by atoms with Crippen LogP contribution in [0.15, 0.2) is 58.7 Å². The average molecular weight is 427 g/mol. The van der Waals surface area contributed by atoms with Crippen LogP contribution in [0.3, 0.4) is 0 Å². The van der Waals surface area contributed by atoms with Gasteiger partial charge in [-0.05, 0) is 90.5 Å². The van der Waals surface area contributed by atoms with Crippen molar-refractivity contribution < 1.29 is 20.1 Å². The maximum atomic E-state index is 12.3. The Kier molecular flexibility index (Phi) is 11.7. The van der Waals surface area contributed by atoms with Crippen LogP contribution in [0.25, 0.3) is 0 Å². The molecule has 0 aliphatic carbocycles. The predicted octanol–water partition coefficient (Wildman–Crippen LogP) is 6.25. The summed E-state index contributed by atoms with van der Waals surface area (Å²) in [5.74, 6) is 0.395. The molecule has 1 aromatic carbocycles. The smallest absolute Gasteiger partial charge is 0.159 e. The molecule has 0 saturated carbocycles. The van der Waals surface area contributed by atoms with Gasteiger partial charge < -0.3 is 15.3 Å². The van der Waals surface area contributed by atoms with E-state index in [4.69, 9.17) is 5.11 Å². The Morgan fingerprint density at radius 1 is 0.871 bits per heavy atom. The third kappa shape index (κ3) is 10.8. The second-order valence-electron chi connectivity index (χ2n) is 8.50. The average Bonchev–Trinajstić information content (AvgIpc) is 2.69. The van der Waals surface area contributed by atoms with E-state index >= 15 is 0 Å². The predicted molar refractivity (Wildman–Crippen MR) is 128 cm³/mol. The van der Waals surface area contributed by atoms with E-state index in [1.54, 1.807) is 19.1 Å². The molecule has 170 valence electrons. The fourth-order valence-corrected chi connectivity index (χ4v) is 3.28. The van der Waals surface area contributed by atoms with Crippen LogP contribution in [0.4, 0.5) is 0 Å². The van der Waals surface area contributed by atoms with Gasteiger partial charge in [0.15, 0.2) is 5.78 Å². The number of phenolic OH excluding ortho intramolecular Hbond substituents is 2. The van der Waals surface area contributed by atoms with Crippen LogP contribution >= 0.6 is 0 Å². The molecular weight excluding hydrogens is 388 g/mol. The Hall–Kier alpha value is -2.59. The highest BCUT2D eigenvalue weighted by atomic mass is 16.3. The molecule has 4 nitrogen and oxygen atoms in total.